The molecular formula is C16H14FNO4. The van der Waals surface area contributed by atoms with Gasteiger partial charge in [-0.25, -0.2) is 9.18 Å². The van der Waals surface area contributed by atoms with E-state index in [4.69, 9.17) is 5.11 Å². The van der Waals surface area contributed by atoms with Crippen molar-refractivity contribution in [3.63, 3.8) is 0 Å². The number of carboxylic acids is 1. The van der Waals surface area contributed by atoms with Crippen molar-refractivity contribution >= 4 is 17.5 Å². The lowest BCUT2D eigenvalue weighted by Crippen LogP contribution is -2.10. The number of benzene rings is 1. The summed E-state index contributed by atoms with van der Waals surface area (Å²) in [6.45, 7) is 2.15. The van der Waals surface area contributed by atoms with Crippen molar-refractivity contribution in [1.82, 2.24) is 4.57 Å². The molecule has 0 fully saturated rings. The molecule has 0 radical (unpaired) electrons. The summed E-state index contributed by atoms with van der Waals surface area (Å²) >= 11 is 0. The van der Waals surface area contributed by atoms with Gasteiger partial charge >= 0.3 is 5.97 Å². The molecule has 0 aliphatic rings. The number of carbonyl (C=O) groups is 2. The van der Waals surface area contributed by atoms with Gasteiger partial charge in [-0.05, 0) is 36.2 Å². The summed E-state index contributed by atoms with van der Waals surface area (Å²) in [5, 5.41) is 18.5. The van der Waals surface area contributed by atoms with Crippen LogP contribution in [0.4, 0.5) is 4.39 Å². The largest absolute Gasteiger partial charge is 0.506 e. The van der Waals surface area contributed by atoms with Crippen LogP contribution in [0.15, 0.2) is 42.6 Å². The monoisotopic (exact) mass is 303 g/mol. The summed E-state index contributed by atoms with van der Waals surface area (Å²) in [5.41, 5.74) is 1.95. The SMILES string of the molecule is Cc1cc(/C(O)=C/C(=O)C(=O)O)n(Cc2ccc(F)cc2)c1. The Labute approximate surface area is 125 Å². The van der Waals surface area contributed by atoms with Crippen LogP contribution in [0.1, 0.15) is 16.8 Å². The van der Waals surface area contributed by atoms with Crippen molar-refractivity contribution in [3.8, 4) is 0 Å². The Morgan fingerprint density at radius 1 is 1.23 bits per heavy atom. The quantitative estimate of drug-likeness (QED) is 0.505. The zero-order valence-electron chi connectivity index (χ0n) is 11.8. The molecule has 114 valence electrons. The molecule has 1 aromatic carbocycles. The standard InChI is InChI=1S/C16H14FNO4/c1-10-6-13(14(19)7-15(20)16(21)22)18(8-10)9-11-2-4-12(17)5-3-11/h2-8,19H,9H2,1H3,(H,21,22)/b14-7-. The van der Waals surface area contributed by atoms with Crippen LogP contribution in [-0.2, 0) is 16.1 Å². The highest BCUT2D eigenvalue weighted by Crippen LogP contribution is 2.18. The van der Waals surface area contributed by atoms with E-state index >= 15 is 0 Å². The predicted molar refractivity (Wildman–Crippen MR) is 77.9 cm³/mol. The minimum absolute atomic E-state index is 0.316. The first kappa shape index (κ1) is 15.5. The molecule has 1 heterocycles. The van der Waals surface area contributed by atoms with Crippen LogP contribution in [0.2, 0.25) is 0 Å². The fourth-order valence-electron chi connectivity index (χ4n) is 2.05. The molecule has 0 atom stereocenters. The van der Waals surface area contributed by atoms with Gasteiger partial charge in [0.1, 0.15) is 11.6 Å². The molecule has 2 aromatic rings. The molecule has 2 N–H and O–H groups in total. The number of aliphatic carboxylic acids is 1. The maximum absolute atomic E-state index is 12.9. The molecule has 0 saturated heterocycles. The summed E-state index contributed by atoms with van der Waals surface area (Å²) < 4.78 is 14.6. The van der Waals surface area contributed by atoms with E-state index in [0.29, 0.717) is 18.3 Å². The number of hydrogen-bond donors (Lipinski definition) is 2. The molecule has 0 aliphatic carbocycles. The third kappa shape index (κ3) is 3.60. The van der Waals surface area contributed by atoms with E-state index in [9.17, 15) is 19.1 Å². The van der Waals surface area contributed by atoms with Crippen LogP contribution in [0.5, 0.6) is 0 Å². The van der Waals surface area contributed by atoms with Crippen molar-refractivity contribution in [2.24, 2.45) is 0 Å². The smallest absolute Gasteiger partial charge is 0.376 e. The van der Waals surface area contributed by atoms with Gasteiger partial charge in [0.05, 0.1) is 5.69 Å². The molecule has 0 saturated carbocycles. The minimum atomic E-state index is -1.64. The van der Waals surface area contributed by atoms with Crippen LogP contribution in [0.25, 0.3) is 5.76 Å². The number of rotatable bonds is 5. The van der Waals surface area contributed by atoms with Crippen molar-refractivity contribution in [3.05, 3.63) is 65.2 Å². The normalized spacial score (nSPS) is 11.5. The number of aliphatic hydroxyl groups excluding tert-OH is 1. The van der Waals surface area contributed by atoms with E-state index in [1.165, 1.54) is 12.1 Å². The number of aromatic nitrogens is 1. The molecule has 22 heavy (non-hydrogen) atoms. The summed E-state index contributed by atoms with van der Waals surface area (Å²) in [6.07, 6.45) is 2.41. The number of halogens is 1. The fraction of sp³-hybridized carbons (Fsp3) is 0.125. The van der Waals surface area contributed by atoms with Crippen molar-refractivity contribution in [2.75, 3.05) is 0 Å². The second-order valence-electron chi connectivity index (χ2n) is 4.86. The summed E-state index contributed by atoms with van der Waals surface area (Å²) in [5.74, 6) is -3.62. The minimum Gasteiger partial charge on any atom is -0.506 e. The fourth-order valence-corrected chi connectivity index (χ4v) is 2.05. The highest BCUT2D eigenvalue weighted by atomic mass is 19.1. The molecule has 0 spiro atoms. The van der Waals surface area contributed by atoms with Gasteiger partial charge in [0.15, 0.2) is 0 Å². The van der Waals surface area contributed by atoms with Gasteiger partial charge in [-0.2, -0.15) is 0 Å². The molecule has 0 aliphatic heterocycles. The van der Waals surface area contributed by atoms with E-state index in [-0.39, 0.29) is 5.82 Å². The maximum atomic E-state index is 12.9. The number of carboxylic acid groups (broad SMARTS) is 1. The summed E-state index contributed by atoms with van der Waals surface area (Å²) in [4.78, 5) is 21.7. The predicted octanol–water partition coefficient (Wildman–Crippen LogP) is 2.54. The Balaban J connectivity index is 2.32. The number of aliphatic hydroxyl groups is 1. The second kappa shape index (κ2) is 6.26. The Hall–Kier alpha value is -2.89. The zero-order valence-corrected chi connectivity index (χ0v) is 11.8. The molecule has 0 bridgehead atoms. The Morgan fingerprint density at radius 2 is 1.86 bits per heavy atom. The van der Waals surface area contributed by atoms with Crippen LogP contribution < -0.4 is 0 Å². The van der Waals surface area contributed by atoms with Crippen LogP contribution in [0.3, 0.4) is 0 Å². The lowest BCUT2D eigenvalue weighted by molar-refractivity contribution is -0.146. The van der Waals surface area contributed by atoms with Gasteiger partial charge in [0, 0.05) is 18.8 Å². The van der Waals surface area contributed by atoms with Crippen molar-refractivity contribution < 1.29 is 24.2 Å². The molecular weight excluding hydrogens is 289 g/mol. The van der Waals surface area contributed by atoms with Gasteiger partial charge in [0.25, 0.3) is 5.78 Å². The average Bonchev–Trinajstić information content (AvgIpc) is 2.82. The van der Waals surface area contributed by atoms with E-state index in [1.807, 2.05) is 0 Å². The van der Waals surface area contributed by atoms with Crippen molar-refractivity contribution in [2.45, 2.75) is 13.5 Å². The number of nitrogens with zero attached hydrogens (tertiary/aromatic N) is 1. The topological polar surface area (TPSA) is 79.5 Å². The number of carbonyl (C=O) groups excluding carboxylic acids is 1. The van der Waals surface area contributed by atoms with E-state index in [0.717, 1.165) is 11.1 Å². The average molecular weight is 303 g/mol. The summed E-state index contributed by atoms with van der Waals surface area (Å²) in [6, 6.07) is 7.50. The van der Waals surface area contributed by atoms with Gasteiger partial charge in [-0.3, -0.25) is 4.79 Å². The van der Waals surface area contributed by atoms with E-state index in [1.54, 1.807) is 35.9 Å². The van der Waals surface area contributed by atoms with Crippen LogP contribution in [0, 0.1) is 12.7 Å². The van der Waals surface area contributed by atoms with Gasteiger partial charge in [-0.1, -0.05) is 12.1 Å². The molecule has 0 unspecified atom stereocenters. The third-order valence-corrected chi connectivity index (χ3v) is 3.04. The van der Waals surface area contributed by atoms with E-state index < -0.39 is 17.5 Å². The summed E-state index contributed by atoms with van der Waals surface area (Å²) in [7, 11) is 0. The molecule has 0 amide bonds. The van der Waals surface area contributed by atoms with Crippen LogP contribution >= 0.6 is 0 Å². The highest BCUT2D eigenvalue weighted by Gasteiger charge is 2.14. The Kier molecular flexibility index (Phi) is 4.41. The molecule has 2 rings (SSSR count). The third-order valence-electron chi connectivity index (χ3n) is 3.04. The first-order valence-corrected chi connectivity index (χ1v) is 6.46. The zero-order chi connectivity index (χ0) is 16.3. The number of ketones is 1. The highest BCUT2D eigenvalue weighted by molar-refractivity contribution is 6.38. The van der Waals surface area contributed by atoms with Crippen molar-refractivity contribution in [1.29, 1.82) is 0 Å². The first-order valence-electron chi connectivity index (χ1n) is 6.46. The Bertz CT molecular complexity index is 744. The molecule has 1 aromatic heterocycles. The van der Waals surface area contributed by atoms with Gasteiger partial charge < -0.3 is 14.8 Å². The number of hydrogen-bond acceptors (Lipinski definition) is 3. The molecule has 5 nitrogen and oxygen atoms in total. The molecule has 6 heteroatoms. The lowest BCUT2D eigenvalue weighted by atomic mass is 10.2. The van der Waals surface area contributed by atoms with Gasteiger partial charge in [0.2, 0.25) is 0 Å². The number of aryl methyl sites for hydroxylation is 1. The Morgan fingerprint density at radius 3 is 2.45 bits per heavy atom. The van der Waals surface area contributed by atoms with E-state index in [2.05, 4.69) is 0 Å². The lowest BCUT2D eigenvalue weighted by Gasteiger charge is -2.08. The van der Waals surface area contributed by atoms with Crippen LogP contribution in [-0.4, -0.2) is 26.5 Å². The maximum Gasteiger partial charge on any atom is 0.376 e. The van der Waals surface area contributed by atoms with Gasteiger partial charge in [-0.15, -0.1) is 0 Å². The first-order chi connectivity index (χ1) is 10.4. The second-order valence-corrected chi connectivity index (χ2v) is 4.86.